The van der Waals surface area contributed by atoms with E-state index in [0.717, 1.165) is 5.33 Å². The molecular formula is C15H22BrN. The van der Waals surface area contributed by atoms with Crippen molar-refractivity contribution in [3.63, 3.8) is 0 Å². The van der Waals surface area contributed by atoms with Crippen molar-refractivity contribution in [1.29, 1.82) is 0 Å². The largest absolute Gasteiger partial charge is 0.302 e. The van der Waals surface area contributed by atoms with Gasteiger partial charge < -0.3 is 4.90 Å². The molecule has 0 radical (unpaired) electrons. The van der Waals surface area contributed by atoms with E-state index in [-0.39, 0.29) is 0 Å². The second kappa shape index (κ2) is 5.53. The second-order valence-electron chi connectivity index (χ2n) is 5.91. The molecular weight excluding hydrogens is 274 g/mol. The smallest absolute Gasteiger partial charge is 0.0112 e. The van der Waals surface area contributed by atoms with E-state index >= 15 is 0 Å². The van der Waals surface area contributed by atoms with E-state index in [0.29, 0.717) is 11.3 Å². The number of benzene rings is 1. The van der Waals surface area contributed by atoms with Crippen LogP contribution in [0.15, 0.2) is 30.3 Å². The first kappa shape index (κ1) is 13.1. The van der Waals surface area contributed by atoms with Crippen molar-refractivity contribution in [3.05, 3.63) is 35.9 Å². The summed E-state index contributed by atoms with van der Waals surface area (Å²) in [5.41, 5.74) is 1.96. The molecule has 1 aliphatic rings. The quantitative estimate of drug-likeness (QED) is 0.762. The number of likely N-dealkylation sites (tertiary alicyclic amines) is 1. The molecule has 94 valence electrons. The Morgan fingerprint density at radius 3 is 2.53 bits per heavy atom. The molecule has 1 aromatic carbocycles. The molecule has 2 rings (SSSR count). The van der Waals surface area contributed by atoms with Crippen molar-refractivity contribution in [3.8, 4) is 0 Å². The minimum atomic E-state index is 0.507. The molecule has 1 heterocycles. The number of alkyl halides is 1. The molecule has 1 atom stereocenters. The molecule has 1 aromatic rings. The molecule has 0 bridgehead atoms. The molecule has 1 unspecified atom stereocenters. The number of nitrogens with zero attached hydrogens (tertiary/aromatic N) is 1. The Morgan fingerprint density at radius 2 is 2.00 bits per heavy atom. The van der Waals surface area contributed by atoms with E-state index in [9.17, 15) is 0 Å². The second-order valence-corrected chi connectivity index (χ2v) is 6.56. The highest BCUT2D eigenvalue weighted by Crippen LogP contribution is 2.30. The normalized spacial score (nSPS) is 21.6. The molecule has 0 aliphatic carbocycles. The molecule has 1 aliphatic heterocycles. The molecule has 0 amide bonds. The molecule has 2 heteroatoms. The third kappa shape index (κ3) is 3.56. The summed E-state index contributed by atoms with van der Waals surface area (Å²) in [6.45, 7) is 8.42. The molecule has 0 spiro atoms. The van der Waals surface area contributed by atoms with Crippen molar-refractivity contribution in [2.24, 2.45) is 5.41 Å². The van der Waals surface area contributed by atoms with Gasteiger partial charge in [0.15, 0.2) is 0 Å². The molecule has 1 nitrogen and oxygen atoms in total. The van der Waals surface area contributed by atoms with Gasteiger partial charge in [-0.15, -0.1) is 0 Å². The Morgan fingerprint density at radius 1 is 1.29 bits per heavy atom. The summed E-state index contributed by atoms with van der Waals surface area (Å²) in [6.07, 6.45) is 1.33. The molecule has 0 aromatic heterocycles. The lowest BCUT2D eigenvalue weighted by Gasteiger charge is -2.24. The Hall–Kier alpha value is -0.340. The standard InChI is InChI=1S/C15H22BrN/c1-15(2)8-9-17(12-15)11-14(10-16)13-6-4-3-5-7-13/h3-7,14H,8-12H2,1-2H3. The van der Waals surface area contributed by atoms with Crippen LogP contribution in [0.25, 0.3) is 0 Å². The summed E-state index contributed by atoms with van der Waals surface area (Å²) in [7, 11) is 0. The maximum atomic E-state index is 3.66. The summed E-state index contributed by atoms with van der Waals surface area (Å²) in [5, 5.41) is 1.05. The van der Waals surface area contributed by atoms with Crippen LogP contribution >= 0.6 is 15.9 Å². The zero-order chi connectivity index (χ0) is 12.3. The molecule has 1 fully saturated rings. The minimum Gasteiger partial charge on any atom is -0.302 e. The fourth-order valence-corrected chi connectivity index (χ4v) is 3.24. The number of halogens is 1. The lowest BCUT2D eigenvalue weighted by Crippen LogP contribution is -2.28. The van der Waals surface area contributed by atoms with Gasteiger partial charge in [-0.25, -0.2) is 0 Å². The van der Waals surface area contributed by atoms with Crippen molar-refractivity contribution in [1.82, 2.24) is 4.90 Å². The zero-order valence-corrected chi connectivity index (χ0v) is 12.4. The van der Waals surface area contributed by atoms with E-state index in [1.54, 1.807) is 0 Å². The first-order valence-electron chi connectivity index (χ1n) is 6.44. The predicted molar refractivity (Wildman–Crippen MR) is 77.8 cm³/mol. The monoisotopic (exact) mass is 295 g/mol. The number of rotatable bonds is 4. The maximum Gasteiger partial charge on any atom is 0.0112 e. The van der Waals surface area contributed by atoms with Crippen LogP contribution in [0.5, 0.6) is 0 Å². The van der Waals surface area contributed by atoms with Crippen molar-refractivity contribution < 1.29 is 0 Å². The average Bonchev–Trinajstić information content (AvgIpc) is 2.67. The van der Waals surface area contributed by atoms with E-state index in [4.69, 9.17) is 0 Å². The highest BCUT2D eigenvalue weighted by molar-refractivity contribution is 9.09. The first-order chi connectivity index (χ1) is 8.11. The van der Waals surface area contributed by atoms with Gasteiger partial charge >= 0.3 is 0 Å². The van der Waals surface area contributed by atoms with Crippen molar-refractivity contribution >= 4 is 15.9 Å². The van der Waals surface area contributed by atoms with Gasteiger partial charge in [0, 0.05) is 24.3 Å². The average molecular weight is 296 g/mol. The van der Waals surface area contributed by atoms with Gasteiger partial charge in [0.05, 0.1) is 0 Å². The zero-order valence-electron chi connectivity index (χ0n) is 10.8. The molecule has 17 heavy (non-hydrogen) atoms. The van der Waals surface area contributed by atoms with Gasteiger partial charge in [-0.2, -0.15) is 0 Å². The van der Waals surface area contributed by atoms with Crippen LogP contribution in [0.2, 0.25) is 0 Å². The van der Waals surface area contributed by atoms with Gasteiger partial charge in [0.1, 0.15) is 0 Å². The van der Waals surface area contributed by atoms with E-state index in [2.05, 4.69) is 65.0 Å². The maximum absolute atomic E-state index is 3.66. The Bertz CT molecular complexity index is 347. The lowest BCUT2D eigenvalue weighted by atomic mass is 9.93. The van der Waals surface area contributed by atoms with E-state index in [1.165, 1.54) is 31.6 Å². The predicted octanol–water partition coefficient (Wildman–Crippen LogP) is 3.90. The third-order valence-corrected chi connectivity index (χ3v) is 4.47. The fraction of sp³-hybridized carbons (Fsp3) is 0.600. The highest BCUT2D eigenvalue weighted by Gasteiger charge is 2.30. The van der Waals surface area contributed by atoms with Gasteiger partial charge in [0.25, 0.3) is 0 Å². The van der Waals surface area contributed by atoms with Crippen LogP contribution in [0, 0.1) is 5.41 Å². The van der Waals surface area contributed by atoms with E-state index < -0.39 is 0 Å². The number of hydrogen-bond acceptors (Lipinski definition) is 1. The SMILES string of the molecule is CC1(C)CCN(CC(CBr)c2ccccc2)C1. The Labute approximate surface area is 113 Å². The Balaban J connectivity index is 1.97. The van der Waals surface area contributed by atoms with Gasteiger partial charge in [-0.1, -0.05) is 60.1 Å². The van der Waals surface area contributed by atoms with Crippen LogP contribution in [0.3, 0.4) is 0 Å². The van der Waals surface area contributed by atoms with Gasteiger partial charge in [-0.3, -0.25) is 0 Å². The van der Waals surface area contributed by atoms with Gasteiger partial charge in [-0.05, 0) is 23.9 Å². The number of hydrogen-bond donors (Lipinski definition) is 0. The van der Waals surface area contributed by atoms with Crippen LogP contribution in [-0.2, 0) is 0 Å². The lowest BCUT2D eigenvalue weighted by molar-refractivity contribution is 0.280. The topological polar surface area (TPSA) is 3.24 Å². The summed E-state index contributed by atoms with van der Waals surface area (Å²) in [6, 6.07) is 10.9. The first-order valence-corrected chi connectivity index (χ1v) is 7.56. The van der Waals surface area contributed by atoms with Gasteiger partial charge in [0.2, 0.25) is 0 Å². The third-order valence-electron chi connectivity index (χ3n) is 3.69. The fourth-order valence-electron chi connectivity index (χ4n) is 2.66. The summed E-state index contributed by atoms with van der Waals surface area (Å²) in [5.74, 6) is 0.616. The minimum absolute atomic E-state index is 0.507. The van der Waals surface area contributed by atoms with Crippen LogP contribution in [-0.4, -0.2) is 29.9 Å². The van der Waals surface area contributed by atoms with Crippen LogP contribution in [0.1, 0.15) is 31.7 Å². The highest BCUT2D eigenvalue weighted by atomic mass is 79.9. The molecule has 0 saturated carbocycles. The summed E-state index contributed by atoms with van der Waals surface area (Å²) < 4.78 is 0. The van der Waals surface area contributed by atoms with Crippen LogP contribution < -0.4 is 0 Å². The Kier molecular flexibility index (Phi) is 4.26. The summed E-state index contributed by atoms with van der Waals surface area (Å²) >= 11 is 3.66. The summed E-state index contributed by atoms with van der Waals surface area (Å²) in [4.78, 5) is 2.61. The van der Waals surface area contributed by atoms with E-state index in [1.807, 2.05) is 0 Å². The van der Waals surface area contributed by atoms with Crippen molar-refractivity contribution in [2.75, 3.05) is 25.0 Å². The molecule has 0 N–H and O–H groups in total. The van der Waals surface area contributed by atoms with Crippen molar-refractivity contribution in [2.45, 2.75) is 26.2 Å². The van der Waals surface area contributed by atoms with Crippen LogP contribution in [0.4, 0.5) is 0 Å². The molecule has 1 saturated heterocycles.